The van der Waals surface area contributed by atoms with E-state index in [1.54, 1.807) is 6.92 Å². The fourth-order valence-electron chi connectivity index (χ4n) is 5.82. The molecule has 0 aliphatic carbocycles. The van der Waals surface area contributed by atoms with Gasteiger partial charge in [0.2, 0.25) is 0 Å². The van der Waals surface area contributed by atoms with Gasteiger partial charge in [-0.05, 0) is 114 Å². The van der Waals surface area contributed by atoms with Crippen LogP contribution in [0.1, 0.15) is 6.92 Å². The maximum Gasteiger partial charge on any atom is 0.250 e. The minimum atomic E-state index is -0.184. The quantitative estimate of drug-likeness (QED) is 0.104. The molecule has 0 bridgehead atoms. The Morgan fingerprint density at radius 3 is 1.29 bits per heavy atom. The van der Waals surface area contributed by atoms with Gasteiger partial charge < -0.3 is 21.3 Å². The summed E-state index contributed by atoms with van der Waals surface area (Å²) >= 11 is 0. The molecule has 248 valence electrons. The lowest BCUT2D eigenvalue weighted by molar-refractivity contribution is -0.112. The van der Waals surface area contributed by atoms with Crippen molar-refractivity contribution in [3.63, 3.8) is 0 Å². The van der Waals surface area contributed by atoms with Crippen LogP contribution in [0.4, 0.5) is 39.8 Å². The van der Waals surface area contributed by atoms with Crippen LogP contribution in [0.2, 0.25) is 0 Å². The molecule has 7 rings (SSSR count). The molecule has 0 spiro atoms. The van der Waals surface area contributed by atoms with Gasteiger partial charge in [0.15, 0.2) is 0 Å². The van der Waals surface area contributed by atoms with E-state index in [4.69, 9.17) is 0 Å². The Balaban J connectivity index is 1.08. The molecule has 0 heterocycles. The molecule has 5 nitrogen and oxygen atoms in total. The largest absolute Gasteiger partial charge is 0.356 e. The van der Waals surface area contributed by atoms with Gasteiger partial charge in [0.1, 0.15) is 0 Å². The van der Waals surface area contributed by atoms with Crippen LogP contribution in [-0.4, -0.2) is 5.91 Å². The van der Waals surface area contributed by atoms with E-state index in [-0.39, 0.29) is 5.91 Å². The predicted molar refractivity (Wildman–Crippen MR) is 215 cm³/mol. The topological polar surface area (TPSA) is 65.2 Å². The molecule has 1 amide bonds. The summed E-state index contributed by atoms with van der Waals surface area (Å²) in [5.41, 5.74) is 14.1. The van der Waals surface area contributed by atoms with Gasteiger partial charge in [-0.3, -0.25) is 4.79 Å². The van der Waals surface area contributed by atoms with Gasteiger partial charge in [0, 0.05) is 50.9 Å². The van der Waals surface area contributed by atoms with Gasteiger partial charge in [0.05, 0.1) is 0 Å². The second kappa shape index (κ2) is 15.1. The van der Waals surface area contributed by atoms with Crippen molar-refractivity contribution in [2.24, 2.45) is 0 Å². The number of rotatable bonds is 11. The Kier molecular flexibility index (Phi) is 9.71. The normalized spacial score (nSPS) is 10.6. The Hall–Kier alpha value is -6.85. The highest BCUT2D eigenvalue weighted by Crippen LogP contribution is 2.36. The Bertz CT molecular complexity index is 2250. The molecular formula is C46H38N4O. The molecule has 0 aromatic heterocycles. The highest BCUT2D eigenvalue weighted by molar-refractivity contribution is 6.02. The summed E-state index contributed by atoms with van der Waals surface area (Å²) in [6, 6.07) is 60.4. The minimum absolute atomic E-state index is 0.184. The standard InChI is InChI=1S/C46H38N4O/c1-32(2)46(51)50-43-28-26-42(27-29-43)48-41-22-17-34(18-23-41)33-13-15-36(16-14-33)44-30-21-37(31-45(44)49-39-11-7-4-8-12-39)35-19-24-40(25-20-35)47-38-9-5-3-6-10-38/h3-31,47-49H,1H2,2H3,(H,50,51). The van der Waals surface area contributed by atoms with E-state index in [2.05, 4.69) is 143 Å². The van der Waals surface area contributed by atoms with Gasteiger partial charge >= 0.3 is 0 Å². The van der Waals surface area contributed by atoms with Gasteiger partial charge in [-0.1, -0.05) is 104 Å². The summed E-state index contributed by atoms with van der Waals surface area (Å²) in [5.74, 6) is -0.184. The van der Waals surface area contributed by atoms with Crippen LogP contribution in [-0.2, 0) is 4.79 Å². The van der Waals surface area contributed by atoms with Crippen LogP contribution in [0.3, 0.4) is 0 Å². The third-order valence-electron chi connectivity index (χ3n) is 8.59. The van der Waals surface area contributed by atoms with Crippen molar-refractivity contribution < 1.29 is 4.79 Å². The number of anilines is 7. The minimum Gasteiger partial charge on any atom is -0.356 e. The predicted octanol–water partition coefficient (Wildman–Crippen LogP) is 12.4. The number of benzene rings is 7. The summed E-state index contributed by atoms with van der Waals surface area (Å²) in [6.45, 7) is 5.37. The molecule has 7 aromatic carbocycles. The second-order valence-electron chi connectivity index (χ2n) is 12.4. The molecule has 0 saturated heterocycles. The zero-order valence-corrected chi connectivity index (χ0v) is 28.4. The van der Waals surface area contributed by atoms with Crippen molar-refractivity contribution in [2.45, 2.75) is 6.92 Å². The lowest BCUT2D eigenvalue weighted by Gasteiger charge is -2.16. The number of para-hydroxylation sites is 2. The molecule has 7 aromatic rings. The third-order valence-corrected chi connectivity index (χ3v) is 8.59. The number of hydrogen-bond acceptors (Lipinski definition) is 4. The maximum absolute atomic E-state index is 11.9. The summed E-state index contributed by atoms with van der Waals surface area (Å²) in [7, 11) is 0. The van der Waals surface area contributed by atoms with Gasteiger partial charge in [-0.15, -0.1) is 0 Å². The van der Waals surface area contributed by atoms with E-state index in [1.165, 1.54) is 0 Å². The van der Waals surface area contributed by atoms with Crippen molar-refractivity contribution in [1.29, 1.82) is 0 Å². The monoisotopic (exact) mass is 662 g/mol. The van der Waals surface area contributed by atoms with Crippen LogP contribution in [0.5, 0.6) is 0 Å². The summed E-state index contributed by atoms with van der Waals surface area (Å²) in [6.07, 6.45) is 0. The number of hydrogen-bond donors (Lipinski definition) is 4. The molecular weight excluding hydrogens is 625 g/mol. The molecule has 0 fully saturated rings. The average Bonchev–Trinajstić information content (AvgIpc) is 3.17. The first-order chi connectivity index (χ1) is 25.0. The summed E-state index contributed by atoms with van der Waals surface area (Å²) in [4.78, 5) is 11.9. The summed E-state index contributed by atoms with van der Waals surface area (Å²) in [5, 5.41) is 13.4. The van der Waals surface area contributed by atoms with Crippen molar-refractivity contribution >= 4 is 45.7 Å². The molecule has 0 unspecified atom stereocenters. The third kappa shape index (κ3) is 8.24. The van der Waals surface area contributed by atoms with E-state index in [0.717, 1.165) is 73.2 Å². The van der Waals surface area contributed by atoms with Crippen molar-refractivity contribution in [1.82, 2.24) is 0 Å². The van der Waals surface area contributed by atoms with Crippen LogP contribution >= 0.6 is 0 Å². The number of carbonyl (C=O) groups excluding carboxylic acids is 1. The molecule has 0 saturated carbocycles. The Morgan fingerprint density at radius 2 is 0.784 bits per heavy atom. The van der Waals surface area contributed by atoms with E-state index in [9.17, 15) is 4.79 Å². The van der Waals surface area contributed by atoms with E-state index in [0.29, 0.717) is 5.57 Å². The zero-order valence-electron chi connectivity index (χ0n) is 28.4. The van der Waals surface area contributed by atoms with Crippen molar-refractivity contribution in [3.8, 4) is 33.4 Å². The van der Waals surface area contributed by atoms with Gasteiger partial charge in [-0.25, -0.2) is 0 Å². The fraction of sp³-hybridized carbons (Fsp3) is 0.0217. The highest BCUT2D eigenvalue weighted by atomic mass is 16.1. The fourth-order valence-corrected chi connectivity index (χ4v) is 5.82. The highest BCUT2D eigenvalue weighted by Gasteiger charge is 2.10. The molecule has 0 aliphatic heterocycles. The average molecular weight is 663 g/mol. The van der Waals surface area contributed by atoms with E-state index >= 15 is 0 Å². The van der Waals surface area contributed by atoms with Crippen LogP contribution in [0, 0.1) is 0 Å². The van der Waals surface area contributed by atoms with Crippen LogP contribution in [0.25, 0.3) is 33.4 Å². The lowest BCUT2D eigenvalue weighted by atomic mass is 9.96. The Morgan fingerprint density at radius 1 is 0.412 bits per heavy atom. The molecule has 0 radical (unpaired) electrons. The number of amides is 1. The van der Waals surface area contributed by atoms with E-state index < -0.39 is 0 Å². The Labute approximate surface area is 299 Å². The lowest BCUT2D eigenvalue weighted by Crippen LogP contribution is -2.11. The maximum atomic E-state index is 11.9. The molecule has 0 atom stereocenters. The SMILES string of the molecule is C=C(C)C(=O)Nc1ccc(Nc2ccc(-c3ccc(-c4ccc(-c5ccc(Nc6ccccc6)cc5)cc4Nc4ccccc4)cc3)cc2)cc1. The molecule has 0 aliphatic rings. The smallest absolute Gasteiger partial charge is 0.250 e. The van der Waals surface area contributed by atoms with Crippen molar-refractivity contribution in [3.05, 3.63) is 188 Å². The van der Waals surface area contributed by atoms with Crippen LogP contribution < -0.4 is 21.3 Å². The first kappa shape index (κ1) is 32.7. The van der Waals surface area contributed by atoms with Crippen LogP contribution in [0.15, 0.2) is 188 Å². The molecule has 5 heteroatoms. The van der Waals surface area contributed by atoms with Gasteiger partial charge in [-0.2, -0.15) is 0 Å². The second-order valence-corrected chi connectivity index (χ2v) is 12.4. The number of carbonyl (C=O) groups is 1. The molecule has 4 N–H and O–H groups in total. The van der Waals surface area contributed by atoms with Crippen molar-refractivity contribution in [2.75, 3.05) is 21.3 Å². The first-order valence-corrected chi connectivity index (χ1v) is 16.9. The van der Waals surface area contributed by atoms with E-state index in [1.807, 2.05) is 60.7 Å². The number of nitrogens with one attached hydrogen (secondary N) is 4. The zero-order chi connectivity index (χ0) is 35.0. The first-order valence-electron chi connectivity index (χ1n) is 16.9. The van der Waals surface area contributed by atoms with Gasteiger partial charge in [0.25, 0.3) is 5.91 Å². The summed E-state index contributed by atoms with van der Waals surface area (Å²) < 4.78 is 0. The molecule has 51 heavy (non-hydrogen) atoms.